The molecule has 0 aromatic heterocycles. The molecule has 0 heterocycles. The molecule has 0 saturated heterocycles. The van der Waals surface area contributed by atoms with Crippen LogP contribution in [-0.2, 0) is 11.2 Å². The van der Waals surface area contributed by atoms with Crippen LogP contribution in [0.15, 0.2) is 18.2 Å². The first-order valence-electron chi connectivity index (χ1n) is 3.35. The molecule has 0 unspecified atom stereocenters. The Labute approximate surface area is 83.7 Å². The normalized spacial score (nSPS) is 9.75. The second-order valence-corrected chi connectivity index (χ2v) is 3.59. The first-order chi connectivity index (χ1) is 5.59. The molecular weight excluding hydrogens is 269 g/mol. The smallest absolute Gasteiger partial charge is 0.221 e. The quantitative estimate of drug-likeness (QED) is 0.793. The molecule has 1 rings (SSSR count). The highest BCUT2D eigenvalue weighted by Gasteiger charge is 2.01. The summed E-state index contributed by atoms with van der Waals surface area (Å²) in [6, 6.07) is 4.98. The van der Waals surface area contributed by atoms with E-state index < -0.39 is 0 Å². The molecule has 1 aromatic rings. The Balaban J connectivity index is 2.89. The lowest BCUT2D eigenvalue weighted by atomic mass is 10.1. The molecule has 1 aromatic carbocycles. The van der Waals surface area contributed by atoms with Crippen LogP contribution in [0.1, 0.15) is 5.56 Å². The lowest BCUT2D eigenvalue weighted by molar-refractivity contribution is -0.117. The standard InChI is InChI=1S/C8H8INO2/c9-6-3-5(4-8(10)12)1-2-7(6)11/h1-3,11H,4H2,(H2,10,12). The van der Waals surface area contributed by atoms with E-state index in [0.717, 1.165) is 9.13 Å². The molecule has 0 bridgehead atoms. The minimum absolute atomic E-state index is 0.219. The van der Waals surface area contributed by atoms with Gasteiger partial charge in [-0.05, 0) is 40.3 Å². The number of nitrogens with two attached hydrogens (primary N) is 1. The molecule has 0 saturated carbocycles. The summed E-state index contributed by atoms with van der Waals surface area (Å²) < 4.78 is 0.728. The third kappa shape index (κ3) is 2.37. The van der Waals surface area contributed by atoms with E-state index in [1.54, 1.807) is 18.2 Å². The van der Waals surface area contributed by atoms with Crippen molar-refractivity contribution in [2.45, 2.75) is 6.42 Å². The van der Waals surface area contributed by atoms with Crippen molar-refractivity contribution in [1.82, 2.24) is 0 Å². The lowest BCUT2D eigenvalue weighted by Gasteiger charge is -2.00. The van der Waals surface area contributed by atoms with Crippen LogP contribution in [-0.4, -0.2) is 11.0 Å². The number of phenols is 1. The number of carbonyl (C=O) groups is 1. The van der Waals surface area contributed by atoms with Gasteiger partial charge in [0.1, 0.15) is 5.75 Å². The van der Waals surface area contributed by atoms with E-state index in [-0.39, 0.29) is 18.1 Å². The zero-order valence-electron chi connectivity index (χ0n) is 6.25. The molecule has 0 radical (unpaired) electrons. The zero-order chi connectivity index (χ0) is 9.14. The molecule has 3 nitrogen and oxygen atoms in total. The summed E-state index contributed by atoms with van der Waals surface area (Å²) >= 11 is 1.99. The Morgan fingerprint density at radius 1 is 1.58 bits per heavy atom. The van der Waals surface area contributed by atoms with Gasteiger partial charge in [-0.2, -0.15) is 0 Å². The second kappa shape index (κ2) is 3.75. The summed E-state index contributed by atoms with van der Waals surface area (Å²) in [5.41, 5.74) is 5.83. The molecule has 0 aliphatic heterocycles. The Morgan fingerprint density at radius 2 is 2.25 bits per heavy atom. The third-order valence-electron chi connectivity index (χ3n) is 1.39. The van der Waals surface area contributed by atoms with Gasteiger partial charge in [0.25, 0.3) is 0 Å². The van der Waals surface area contributed by atoms with Gasteiger partial charge in [-0.1, -0.05) is 6.07 Å². The number of primary amides is 1. The molecule has 1 amide bonds. The molecule has 3 N–H and O–H groups in total. The predicted octanol–water partition coefficient (Wildman–Crippen LogP) is 1.02. The third-order valence-corrected chi connectivity index (χ3v) is 2.25. The van der Waals surface area contributed by atoms with E-state index in [1.807, 2.05) is 22.6 Å². The number of halogens is 1. The lowest BCUT2D eigenvalue weighted by Crippen LogP contribution is -2.13. The average Bonchev–Trinajstić information content (AvgIpc) is 1.96. The van der Waals surface area contributed by atoms with Crippen molar-refractivity contribution in [1.29, 1.82) is 0 Å². The number of hydrogen-bond acceptors (Lipinski definition) is 2. The van der Waals surface area contributed by atoms with Crippen molar-refractivity contribution >= 4 is 28.5 Å². The number of rotatable bonds is 2. The van der Waals surface area contributed by atoms with Gasteiger partial charge in [-0.25, -0.2) is 0 Å². The average molecular weight is 277 g/mol. The minimum Gasteiger partial charge on any atom is -0.507 e. The van der Waals surface area contributed by atoms with E-state index >= 15 is 0 Å². The Kier molecular flexibility index (Phi) is 2.91. The second-order valence-electron chi connectivity index (χ2n) is 2.43. The van der Waals surface area contributed by atoms with Crippen LogP contribution in [0.2, 0.25) is 0 Å². The maximum absolute atomic E-state index is 10.5. The molecule has 4 heteroatoms. The van der Waals surface area contributed by atoms with Crippen LogP contribution in [0.4, 0.5) is 0 Å². The van der Waals surface area contributed by atoms with Crippen LogP contribution < -0.4 is 5.73 Å². The van der Waals surface area contributed by atoms with Crippen molar-refractivity contribution in [3.63, 3.8) is 0 Å². The first-order valence-corrected chi connectivity index (χ1v) is 4.43. The summed E-state index contributed by atoms with van der Waals surface area (Å²) in [6.07, 6.45) is 0.219. The van der Waals surface area contributed by atoms with Crippen LogP contribution >= 0.6 is 22.6 Å². The summed E-state index contributed by atoms with van der Waals surface area (Å²) in [4.78, 5) is 10.5. The van der Waals surface area contributed by atoms with Crippen molar-refractivity contribution < 1.29 is 9.90 Å². The van der Waals surface area contributed by atoms with Gasteiger partial charge in [-0.3, -0.25) is 4.79 Å². The Morgan fingerprint density at radius 3 is 2.75 bits per heavy atom. The van der Waals surface area contributed by atoms with E-state index in [2.05, 4.69) is 0 Å². The van der Waals surface area contributed by atoms with Crippen LogP contribution in [0.3, 0.4) is 0 Å². The maximum atomic E-state index is 10.5. The fourth-order valence-corrected chi connectivity index (χ4v) is 1.44. The number of hydrogen-bond donors (Lipinski definition) is 2. The van der Waals surface area contributed by atoms with Crippen LogP contribution in [0, 0.1) is 3.57 Å². The van der Waals surface area contributed by atoms with Gasteiger partial charge in [0.05, 0.1) is 9.99 Å². The highest BCUT2D eigenvalue weighted by molar-refractivity contribution is 14.1. The minimum atomic E-state index is -0.364. The summed E-state index contributed by atoms with van der Waals surface area (Å²) in [5, 5.41) is 9.15. The maximum Gasteiger partial charge on any atom is 0.221 e. The summed E-state index contributed by atoms with van der Waals surface area (Å²) in [5.74, 6) is -0.139. The monoisotopic (exact) mass is 277 g/mol. The van der Waals surface area contributed by atoms with Crippen LogP contribution in [0.25, 0.3) is 0 Å². The zero-order valence-corrected chi connectivity index (χ0v) is 8.41. The number of carbonyl (C=O) groups excluding carboxylic acids is 1. The number of phenolic OH excluding ortho intramolecular Hbond substituents is 1. The van der Waals surface area contributed by atoms with Gasteiger partial charge >= 0.3 is 0 Å². The van der Waals surface area contributed by atoms with Gasteiger partial charge in [0.2, 0.25) is 5.91 Å². The number of benzene rings is 1. The highest BCUT2D eigenvalue weighted by Crippen LogP contribution is 2.20. The van der Waals surface area contributed by atoms with E-state index in [4.69, 9.17) is 10.8 Å². The van der Waals surface area contributed by atoms with Crippen LogP contribution in [0.5, 0.6) is 5.75 Å². The molecule has 0 aliphatic carbocycles. The summed E-state index contributed by atoms with van der Waals surface area (Å²) in [7, 11) is 0. The van der Waals surface area contributed by atoms with E-state index in [9.17, 15) is 4.79 Å². The number of aromatic hydroxyl groups is 1. The first kappa shape index (κ1) is 9.31. The molecule has 0 spiro atoms. The molecule has 0 atom stereocenters. The van der Waals surface area contributed by atoms with Gasteiger partial charge in [0.15, 0.2) is 0 Å². The van der Waals surface area contributed by atoms with Crippen molar-refractivity contribution in [3.8, 4) is 5.75 Å². The molecule has 0 aliphatic rings. The predicted molar refractivity (Wildman–Crippen MR) is 53.7 cm³/mol. The molecule has 12 heavy (non-hydrogen) atoms. The van der Waals surface area contributed by atoms with E-state index in [1.165, 1.54) is 0 Å². The van der Waals surface area contributed by atoms with Crippen molar-refractivity contribution in [2.24, 2.45) is 5.73 Å². The highest BCUT2D eigenvalue weighted by atomic mass is 127. The number of amides is 1. The fraction of sp³-hybridized carbons (Fsp3) is 0.125. The van der Waals surface area contributed by atoms with Gasteiger partial charge < -0.3 is 10.8 Å². The Hall–Kier alpha value is -0.780. The fourth-order valence-electron chi connectivity index (χ4n) is 0.862. The molecule has 0 fully saturated rings. The Bertz CT molecular complexity index is 312. The van der Waals surface area contributed by atoms with E-state index in [0.29, 0.717) is 0 Å². The van der Waals surface area contributed by atoms with Gasteiger partial charge in [-0.15, -0.1) is 0 Å². The van der Waals surface area contributed by atoms with Gasteiger partial charge in [0, 0.05) is 0 Å². The molecular formula is C8H8INO2. The van der Waals surface area contributed by atoms with Crippen molar-refractivity contribution in [2.75, 3.05) is 0 Å². The van der Waals surface area contributed by atoms with Crippen molar-refractivity contribution in [3.05, 3.63) is 27.3 Å². The molecule has 64 valence electrons. The topological polar surface area (TPSA) is 63.3 Å². The summed E-state index contributed by atoms with van der Waals surface area (Å²) in [6.45, 7) is 0. The largest absolute Gasteiger partial charge is 0.507 e. The SMILES string of the molecule is NC(=O)Cc1ccc(O)c(I)c1.